The molecule has 0 heterocycles. The average Bonchev–Trinajstić information content (AvgIpc) is 2.62. The number of rotatable bonds is 13. The van der Waals surface area contributed by atoms with Gasteiger partial charge < -0.3 is 31.9 Å². The second-order valence-corrected chi connectivity index (χ2v) is 7.32. The molecule has 0 aromatic heterocycles. The fourth-order valence-corrected chi connectivity index (χ4v) is 2.55. The van der Waals surface area contributed by atoms with Gasteiger partial charge in [-0.2, -0.15) is 0 Å². The molecule has 0 saturated carbocycles. The van der Waals surface area contributed by atoms with Crippen LogP contribution in [0.15, 0.2) is 0 Å². The molecule has 4 atom stereocenters. The molecule has 0 radical (unpaired) electrons. The molecule has 0 bridgehead atoms. The van der Waals surface area contributed by atoms with E-state index in [-0.39, 0.29) is 18.3 Å². The molecular formula is C18H32N4O7. The Hall–Kier alpha value is -2.69. The van der Waals surface area contributed by atoms with Crippen LogP contribution < -0.4 is 21.7 Å². The van der Waals surface area contributed by atoms with Crippen molar-refractivity contribution in [2.45, 2.75) is 65.1 Å². The van der Waals surface area contributed by atoms with E-state index in [2.05, 4.69) is 16.0 Å². The lowest BCUT2D eigenvalue weighted by molar-refractivity contribution is -0.144. The zero-order chi connectivity index (χ0) is 22.7. The van der Waals surface area contributed by atoms with Crippen LogP contribution in [0.3, 0.4) is 0 Å². The molecular weight excluding hydrogens is 384 g/mol. The molecule has 0 aromatic rings. The molecule has 0 aliphatic rings. The van der Waals surface area contributed by atoms with Gasteiger partial charge in [0.15, 0.2) is 0 Å². The monoisotopic (exact) mass is 416 g/mol. The lowest BCUT2D eigenvalue weighted by Crippen LogP contribution is -2.58. The Balaban J connectivity index is 5.45. The summed E-state index contributed by atoms with van der Waals surface area (Å²) in [6.07, 6.45) is -0.00694. The van der Waals surface area contributed by atoms with Gasteiger partial charge in [0, 0.05) is 0 Å². The second-order valence-electron chi connectivity index (χ2n) is 7.32. The highest BCUT2D eigenvalue weighted by atomic mass is 16.4. The number of carboxylic acid groups (broad SMARTS) is 2. The second kappa shape index (κ2) is 12.7. The summed E-state index contributed by atoms with van der Waals surface area (Å²) in [7, 11) is 0. The molecule has 4 unspecified atom stereocenters. The Morgan fingerprint density at radius 3 is 1.90 bits per heavy atom. The average molecular weight is 416 g/mol. The Morgan fingerprint density at radius 1 is 0.897 bits per heavy atom. The third-order valence-electron chi connectivity index (χ3n) is 4.33. The summed E-state index contributed by atoms with van der Waals surface area (Å²) in [6, 6.07) is -3.65. The summed E-state index contributed by atoms with van der Waals surface area (Å²) in [5, 5.41) is 25.4. The van der Waals surface area contributed by atoms with E-state index in [0.29, 0.717) is 6.42 Å². The first-order valence-corrected chi connectivity index (χ1v) is 9.47. The number of carbonyl (C=O) groups excluding carboxylic acids is 3. The van der Waals surface area contributed by atoms with Crippen molar-refractivity contribution in [1.82, 2.24) is 16.0 Å². The topological polar surface area (TPSA) is 188 Å². The molecule has 3 amide bonds. The summed E-state index contributed by atoms with van der Waals surface area (Å²) in [6.45, 7) is 6.66. The van der Waals surface area contributed by atoms with E-state index in [1.165, 1.54) is 0 Å². The summed E-state index contributed by atoms with van der Waals surface area (Å²) in [5.41, 5.74) is 5.18. The quantitative estimate of drug-likeness (QED) is 0.221. The van der Waals surface area contributed by atoms with Crippen LogP contribution in [0.25, 0.3) is 0 Å². The third-order valence-corrected chi connectivity index (χ3v) is 4.33. The van der Waals surface area contributed by atoms with Crippen molar-refractivity contribution >= 4 is 29.7 Å². The lowest BCUT2D eigenvalue weighted by Gasteiger charge is -2.27. The van der Waals surface area contributed by atoms with E-state index in [1.54, 1.807) is 13.8 Å². The van der Waals surface area contributed by atoms with Gasteiger partial charge in [-0.3, -0.25) is 19.2 Å². The van der Waals surface area contributed by atoms with E-state index in [0.717, 1.165) is 0 Å². The van der Waals surface area contributed by atoms with Crippen molar-refractivity contribution in [2.75, 3.05) is 6.54 Å². The largest absolute Gasteiger partial charge is 0.481 e. The molecule has 0 spiro atoms. The Bertz CT molecular complexity index is 609. The molecule has 7 N–H and O–H groups in total. The first-order valence-electron chi connectivity index (χ1n) is 9.47. The molecule has 0 aromatic carbocycles. The smallest absolute Gasteiger partial charge is 0.326 e. The highest BCUT2D eigenvalue weighted by molar-refractivity contribution is 5.95. The van der Waals surface area contributed by atoms with Gasteiger partial charge in [-0.05, 0) is 18.3 Å². The maximum absolute atomic E-state index is 12.7. The van der Waals surface area contributed by atoms with Crippen LogP contribution in [0, 0.1) is 11.8 Å². The summed E-state index contributed by atoms with van der Waals surface area (Å²) >= 11 is 0. The fraction of sp³-hybridized carbons (Fsp3) is 0.722. The van der Waals surface area contributed by atoms with Crippen molar-refractivity contribution in [3.05, 3.63) is 0 Å². The van der Waals surface area contributed by atoms with Crippen molar-refractivity contribution in [3.63, 3.8) is 0 Å². The van der Waals surface area contributed by atoms with E-state index in [1.807, 2.05) is 13.8 Å². The molecule has 166 valence electrons. The van der Waals surface area contributed by atoms with Gasteiger partial charge in [0.2, 0.25) is 17.7 Å². The Kier molecular flexibility index (Phi) is 11.5. The number of carboxylic acids is 2. The Labute approximate surface area is 169 Å². The highest BCUT2D eigenvalue weighted by Crippen LogP contribution is 2.11. The molecule has 11 heteroatoms. The van der Waals surface area contributed by atoms with Crippen LogP contribution in [0.4, 0.5) is 0 Å². The normalized spacial score (nSPS) is 15.0. The number of nitrogens with one attached hydrogen (secondary N) is 3. The summed E-state index contributed by atoms with van der Waals surface area (Å²) in [5.74, 6) is -5.16. The van der Waals surface area contributed by atoms with Crippen LogP contribution in [0.1, 0.15) is 47.0 Å². The van der Waals surface area contributed by atoms with E-state index >= 15 is 0 Å². The Morgan fingerprint density at radius 2 is 1.48 bits per heavy atom. The molecule has 11 nitrogen and oxygen atoms in total. The maximum Gasteiger partial charge on any atom is 0.326 e. The van der Waals surface area contributed by atoms with Crippen molar-refractivity contribution in [1.29, 1.82) is 0 Å². The van der Waals surface area contributed by atoms with Gasteiger partial charge >= 0.3 is 11.9 Å². The van der Waals surface area contributed by atoms with Gasteiger partial charge in [0.05, 0.1) is 13.0 Å². The van der Waals surface area contributed by atoms with Gasteiger partial charge in [-0.1, -0.05) is 34.1 Å². The van der Waals surface area contributed by atoms with E-state index in [9.17, 15) is 29.1 Å². The summed E-state index contributed by atoms with van der Waals surface area (Å²) < 4.78 is 0. The van der Waals surface area contributed by atoms with Crippen molar-refractivity contribution in [2.24, 2.45) is 17.6 Å². The predicted molar refractivity (Wildman–Crippen MR) is 104 cm³/mol. The first-order chi connectivity index (χ1) is 13.4. The van der Waals surface area contributed by atoms with Crippen molar-refractivity contribution < 1.29 is 34.2 Å². The number of nitrogens with two attached hydrogens (primary N) is 1. The number of aliphatic carboxylic acids is 2. The molecule has 0 saturated heterocycles. The standard InChI is InChI=1S/C18H32N4O7/c1-5-10(4)15(17(27)21-12(18(28)29)6-9(2)3)22-16(26)11(7-14(24)25)20-13(23)8-19/h9-12,15H,5-8,19H2,1-4H3,(H,20,23)(H,21,27)(H,22,26)(H,24,25)(H,28,29). The minimum atomic E-state index is -1.42. The predicted octanol–water partition coefficient (Wildman–Crippen LogP) is -0.949. The molecule has 0 aliphatic carbocycles. The maximum atomic E-state index is 12.7. The molecule has 29 heavy (non-hydrogen) atoms. The minimum Gasteiger partial charge on any atom is -0.481 e. The van der Waals surface area contributed by atoms with Gasteiger partial charge in [-0.15, -0.1) is 0 Å². The van der Waals surface area contributed by atoms with Crippen LogP contribution in [0.5, 0.6) is 0 Å². The summed E-state index contributed by atoms with van der Waals surface area (Å²) in [4.78, 5) is 59.1. The van der Waals surface area contributed by atoms with Gasteiger partial charge in [0.1, 0.15) is 18.1 Å². The van der Waals surface area contributed by atoms with Crippen LogP contribution in [-0.4, -0.2) is 64.5 Å². The van der Waals surface area contributed by atoms with Crippen LogP contribution >= 0.6 is 0 Å². The van der Waals surface area contributed by atoms with Crippen molar-refractivity contribution in [3.8, 4) is 0 Å². The number of hydrogen-bond donors (Lipinski definition) is 6. The zero-order valence-electron chi connectivity index (χ0n) is 17.2. The highest BCUT2D eigenvalue weighted by Gasteiger charge is 2.33. The zero-order valence-corrected chi connectivity index (χ0v) is 17.2. The molecule has 0 rings (SSSR count). The molecule has 0 fully saturated rings. The van der Waals surface area contributed by atoms with Crippen LogP contribution in [-0.2, 0) is 24.0 Å². The number of hydrogen-bond acceptors (Lipinski definition) is 6. The van der Waals surface area contributed by atoms with Gasteiger partial charge in [-0.25, -0.2) is 4.79 Å². The van der Waals surface area contributed by atoms with E-state index in [4.69, 9.17) is 10.8 Å². The third kappa shape index (κ3) is 9.88. The van der Waals surface area contributed by atoms with E-state index < -0.39 is 60.8 Å². The SMILES string of the molecule is CCC(C)C(NC(=O)C(CC(=O)O)NC(=O)CN)C(=O)NC(CC(C)C)C(=O)O. The van der Waals surface area contributed by atoms with Gasteiger partial charge in [0.25, 0.3) is 0 Å². The number of carbonyl (C=O) groups is 5. The first kappa shape index (κ1) is 26.3. The number of amides is 3. The van der Waals surface area contributed by atoms with Crippen LogP contribution in [0.2, 0.25) is 0 Å². The fourth-order valence-electron chi connectivity index (χ4n) is 2.55. The molecule has 0 aliphatic heterocycles. The minimum absolute atomic E-state index is 0.0134. The lowest BCUT2D eigenvalue weighted by atomic mass is 9.96.